The molecular formula is C19H20N4O. The number of fused-ring (bicyclic) bond motifs is 1. The van der Waals surface area contributed by atoms with Crippen molar-refractivity contribution in [2.45, 2.75) is 27.3 Å². The molecule has 0 unspecified atom stereocenters. The Morgan fingerprint density at radius 1 is 1.12 bits per heavy atom. The van der Waals surface area contributed by atoms with Gasteiger partial charge < -0.3 is 0 Å². The number of aryl methyl sites for hydroxylation is 1. The first kappa shape index (κ1) is 16.0. The molecule has 0 fully saturated rings. The van der Waals surface area contributed by atoms with Crippen molar-refractivity contribution in [3.8, 4) is 17.2 Å². The number of rotatable bonds is 2. The zero-order valence-electron chi connectivity index (χ0n) is 14.4. The van der Waals surface area contributed by atoms with Gasteiger partial charge >= 0.3 is 5.69 Å². The van der Waals surface area contributed by atoms with Crippen molar-refractivity contribution in [1.29, 1.82) is 5.26 Å². The van der Waals surface area contributed by atoms with E-state index in [0.717, 1.165) is 22.2 Å². The molecule has 3 aromatic rings. The van der Waals surface area contributed by atoms with Crippen molar-refractivity contribution in [3.63, 3.8) is 0 Å². The van der Waals surface area contributed by atoms with Crippen LogP contribution in [-0.4, -0.2) is 14.1 Å². The summed E-state index contributed by atoms with van der Waals surface area (Å²) in [5.41, 5.74) is 4.13. The maximum absolute atomic E-state index is 12.6. The molecule has 0 saturated heterocycles. The van der Waals surface area contributed by atoms with Gasteiger partial charge in [0.15, 0.2) is 0 Å². The fourth-order valence-corrected chi connectivity index (χ4v) is 2.87. The highest BCUT2D eigenvalue weighted by Crippen LogP contribution is 2.25. The Hall–Kier alpha value is -2.87. The lowest BCUT2D eigenvalue weighted by Gasteiger charge is -2.18. The molecule has 0 spiro atoms. The van der Waals surface area contributed by atoms with Gasteiger partial charge in [0.05, 0.1) is 16.6 Å². The van der Waals surface area contributed by atoms with Crippen molar-refractivity contribution in [3.05, 3.63) is 52.7 Å². The highest BCUT2D eigenvalue weighted by molar-refractivity contribution is 5.82. The molecule has 1 aromatic carbocycles. The number of nitrogens with zero attached hydrogens (tertiary/aromatic N) is 4. The van der Waals surface area contributed by atoms with Gasteiger partial charge in [-0.25, -0.2) is 4.79 Å². The molecule has 122 valence electrons. The van der Waals surface area contributed by atoms with Crippen LogP contribution in [0.1, 0.15) is 26.3 Å². The Balaban J connectivity index is 2.18. The van der Waals surface area contributed by atoms with Crippen LogP contribution < -0.4 is 5.69 Å². The van der Waals surface area contributed by atoms with Gasteiger partial charge in [-0.05, 0) is 29.2 Å². The summed E-state index contributed by atoms with van der Waals surface area (Å²) in [6, 6.07) is 9.83. The number of imidazole rings is 1. The summed E-state index contributed by atoms with van der Waals surface area (Å²) >= 11 is 0. The molecule has 5 nitrogen and oxygen atoms in total. The van der Waals surface area contributed by atoms with E-state index in [4.69, 9.17) is 5.26 Å². The Kier molecular flexibility index (Phi) is 3.76. The third kappa shape index (κ3) is 2.83. The molecule has 0 aliphatic rings. The van der Waals surface area contributed by atoms with Gasteiger partial charge in [-0.2, -0.15) is 5.26 Å². The minimum absolute atomic E-state index is 0.0130. The van der Waals surface area contributed by atoms with Crippen LogP contribution in [0.3, 0.4) is 0 Å². The molecule has 24 heavy (non-hydrogen) atoms. The molecule has 0 amide bonds. The second-order valence-corrected chi connectivity index (χ2v) is 7.27. The third-order valence-electron chi connectivity index (χ3n) is 3.98. The van der Waals surface area contributed by atoms with Crippen LogP contribution in [0.4, 0.5) is 0 Å². The molecular weight excluding hydrogens is 300 g/mol. The standard InChI is InChI=1S/C19H20N4O/c1-19(2,3)12-23-16-6-5-14(8-17(16)22(4)18(23)24)15-7-13(9-20)10-21-11-15/h5-8,10-11H,12H2,1-4H3. The molecule has 0 N–H and O–H groups in total. The van der Waals surface area contributed by atoms with Gasteiger partial charge in [-0.3, -0.25) is 14.1 Å². The molecule has 2 heterocycles. The van der Waals surface area contributed by atoms with Crippen molar-refractivity contribution in [2.24, 2.45) is 12.5 Å². The highest BCUT2D eigenvalue weighted by atomic mass is 16.1. The van der Waals surface area contributed by atoms with Crippen molar-refractivity contribution in [1.82, 2.24) is 14.1 Å². The Labute approximate surface area is 140 Å². The second-order valence-electron chi connectivity index (χ2n) is 7.27. The smallest absolute Gasteiger partial charge is 0.295 e. The van der Waals surface area contributed by atoms with E-state index >= 15 is 0 Å². The number of benzene rings is 1. The highest BCUT2D eigenvalue weighted by Gasteiger charge is 2.18. The Morgan fingerprint density at radius 3 is 2.54 bits per heavy atom. The summed E-state index contributed by atoms with van der Waals surface area (Å²) in [7, 11) is 1.79. The van der Waals surface area contributed by atoms with Gasteiger partial charge in [-0.1, -0.05) is 26.8 Å². The summed E-state index contributed by atoms with van der Waals surface area (Å²) in [5.74, 6) is 0. The molecule has 5 heteroatoms. The predicted octanol–water partition coefficient (Wildman–Crippen LogP) is 3.32. The molecule has 3 rings (SSSR count). The first-order valence-electron chi connectivity index (χ1n) is 7.85. The monoisotopic (exact) mass is 320 g/mol. The topological polar surface area (TPSA) is 63.6 Å². The van der Waals surface area contributed by atoms with Crippen molar-refractivity contribution < 1.29 is 0 Å². The van der Waals surface area contributed by atoms with E-state index in [0.29, 0.717) is 12.1 Å². The molecule has 2 aromatic heterocycles. The van der Waals surface area contributed by atoms with E-state index in [1.54, 1.807) is 23.9 Å². The number of hydrogen-bond acceptors (Lipinski definition) is 3. The molecule has 0 aliphatic heterocycles. The Bertz CT molecular complexity index is 1010. The quantitative estimate of drug-likeness (QED) is 0.727. The maximum Gasteiger partial charge on any atom is 0.328 e. The molecule has 0 aliphatic carbocycles. The van der Waals surface area contributed by atoms with Crippen molar-refractivity contribution >= 4 is 11.0 Å². The zero-order valence-corrected chi connectivity index (χ0v) is 14.4. The minimum atomic E-state index is -0.0130. The number of pyridine rings is 1. The largest absolute Gasteiger partial charge is 0.328 e. The van der Waals surface area contributed by atoms with Gasteiger partial charge in [0.25, 0.3) is 0 Å². The molecule has 0 saturated carbocycles. The van der Waals surface area contributed by atoms with Crippen LogP contribution in [-0.2, 0) is 13.6 Å². The number of hydrogen-bond donors (Lipinski definition) is 0. The first-order valence-corrected chi connectivity index (χ1v) is 7.85. The van der Waals surface area contributed by atoms with Crippen molar-refractivity contribution in [2.75, 3.05) is 0 Å². The van der Waals surface area contributed by atoms with E-state index in [2.05, 4.69) is 31.8 Å². The summed E-state index contributed by atoms with van der Waals surface area (Å²) < 4.78 is 3.50. The van der Waals surface area contributed by atoms with Gasteiger partial charge in [0, 0.05) is 31.5 Å². The lowest BCUT2D eigenvalue weighted by Crippen LogP contribution is -2.27. The SMILES string of the molecule is Cn1c(=O)n(CC(C)(C)C)c2ccc(-c3cncc(C#N)c3)cc21. The average Bonchev–Trinajstić information content (AvgIpc) is 2.78. The van der Waals surface area contributed by atoms with Gasteiger partial charge in [-0.15, -0.1) is 0 Å². The van der Waals surface area contributed by atoms with Crippen LogP contribution in [0.25, 0.3) is 22.2 Å². The fourth-order valence-electron chi connectivity index (χ4n) is 2.87. The summed E-state index contributed by atoms with van der Waals surface area (Å²) in [4.78, 5) is 16.7. The number of nitriles is 1. The summed E-state index contributed by atoms with van der Waals surface area (Å²) in [5, 5.41) is 9.03. The predicted molar refractivity (Wildman–Crippen MR) is 94.6 cm³/mol. The van der Waals surface area contributed by atoms with Crippen LogP contribution >= 0.6 is 0 Å². The fraction of sp³-hybridized carbons (Fsp3) is 0.316. The second kappa shape index (κ2) is 5.64. The van der Waals surface area contributed by atoms with Crippen LogP contribution in [0.2, 0.25) is 0 Å². The maximum atomic E-state index is 12.6. The summed E-state index contributed by atoms with van der Waals surface area (Å²) in [6.45, 7) is 7.01. The zero-order chi connectivity index (χ0) is 17.5. The normalized spacial score (nSPS) is 11.6. The lowest BCUT2D eigenvalue weighted by molar-refractivity contribution is 0.342. The van der Waals surface area contributed by atoms with Gasteiger partial charge in [0.1, 0.15) is 6.07 Å². The average molecular weight is 320 g/mol. The molecule has 0 radical (unpaired) electrons. The van der Waals surface area contributed by atoms with Crippen LogP contribution in [0.15, 0.2) is 41.5 Å². The van der Waals surface area contributed by atoms with Crippen LogP contribution in [0, 0.1) is 16.7 Å². The Morgan fingerprint density at radius 2 is 1.88 bits per heavy atom. The van der Waals surface area contributed by atoms with E-state index in [9.17, 15) is 4.79 Å². The van der Waals surface area contributed by atoms with Gasteiger partial charge in [0.2, 0.25) is 0 Å². The van der Waals surface area contributed by atoms with E-state index in [1.807, 2.05) is 22.8 Å². The van der Waals surface area contributed by atoms with E-state index in [-0.39, 0.29) is 11.1 Å². The number of aromatic nitrogens is 3. The third-order valence-corrected chi connectivity index (χ3v) is 3.98. The lowest BCUT2D eigenvalue weighted by atomic mass is 9.97. The summed E-state index contributed by atoms with van der Waals surface area (Å²) in [6.07, 6.45) is 3.27. The van der Waals surface area contributed by atoms with Crippen LogP contribution in [0.5, 0.6) is 0 Å². The molecule has 0 atom stereocenters. The minimum Gasteiger partial charge on any atom is -0.295 e. The van der Waals surface area contributed by atoms with E-state index < -0.39 is 0 Å². The molecule has 0 bridgehead atoms. The van der Waals surface area contributed by atoms with E-state index in [1.165, 1.54) is 6.20 Å². The first-order chi connectivity index (χ1) is 11.3.